The lowest BCUT2D eigenvalue weighted by Crippen LogP contribution is -2.22. The van der Waals surface area contributed by atoms with Gasteiger partial charge in [-0.25, -0.2) is 4.79 Å². The number of hydrogen-bond donors (Lipinski definition) is 2. The highest BCUT2D eigenvalue weighted by Crippen LogP contribution is 2.20. The second-order valence-corrected chi connectivity index (χ2v) is 2.85. The van der Waals surface area contributed by atoms with E-state index in [-0.39, 0.29) is 12.4 Å². The maximum atomic E-state index is 12.7. The number of carbonyl (C=O) groups is 1. The molecule has 5 heteroatoms. The summed E-state index contributed by atoms with van der Waals surface area (Å²) in [6, 6.07) is 6.40. The molecular formula is C10H11FO4. The molecule has 1 unspecified atom stereocenters. The molecule has 82 valence electrons. The van der Waals surface area contributed by atoms with E-state index in [1.807, 2.05) is 0 Å². The third kappa shape index (κ3) is 3.21. The number of ether oxygens (including phenoxy) is 1. The maximum absolute atomic E-state index is 12.7. The molecule has 1 aromatic carbocycles. The van der Waals surface area contributed by atoms with Gasteiger partial charge in [-0.2, -0.15) is 4.39 Å². The highest BCUT2D eigenvalue weighted by molar-refractivity contribution is 5.71. The summed E-state index contributed by atoms with van der Waals surface area (Å²) in [7, 11) is 0. The maximum Gasteiger partial charge on any atom is 0.378 e. The summed E-state index contributed by atoms with van der Waals surface area (Å²) in [5, 5.41) is 17.0. The molecule has 1 atom stereocenters. The molecule has 0 heterocycles. The van der Waals surface area contributed by atoms with E-state index >= 15 is 0 Å². The van der Waals surface area contributed by atoms with Crippen molar-refractivity contribution in [3.63, 3.8) is 0 Å². The molecule has 0 spiro atoms. The van der Waals surface area contributed by atoms with Crippen LogP contribution >= 0.6 is 0 Å². The van der Waals surface area contributed by atoms with E-state index in [9.17, 15) is 9.18 Å². The van der Waals surface area contributed by atoms with Gasteiger partial charge in [0.05, 0.1) is 0 Å². The number of carboxylic acids is 1. The summed E-state index contributed by atoms with van der Waals surface area (Å²) in [4.78, 5) is 10.2. The molecule has 0 aliphatic carbocycles. The predicted molar refractivity (Wildman–Crippen MR) is 50.4 cm³/mol. The van der Waals surface area contributed by atoms with Gasteiger partial charge in [0.15, 0.2) is 0 Å². The van der Waals surface area contributed by atoms with E-state index in [2.05, 4.69) is 4.74 Å². The summed E-state index contributed by atoms with van der Waals surface area (Å²) in [6.07, 6.45) is -2.09. The second kappa shape index (κ2) is 5.31. The van der Waals surface area contributed by atoms with E-state index < -0.39 is 12.3 Å². The third-order valence-electron chi connectivity index (χ3n) is 1.78. The van der Waals surface area contributed by atoms with Crippen molar-refractivity contribution in [2.75, 3.05) is 6.61 Å². The van der Waals surface area contributed by atoms with Crippen LogP contribution in [0.1, 0.15) is 5.56 Å². The minimum absolute atomic E-state index is 0.107. The van der Waals surface area contributed by atoms with E-state index in [1.165, 1.54) is 6.07 Å². The molecule has 0 saturated carbocycles. The summed E-state index contributed by atoms with van der Waals surface area (Å²) in [6.45, 7) is -0.107. The lowest BCUT2D eigenvalue weighted by atomic mass is 10.1. The summed E-state index contributed by atoms with van der Waals surface area (Å²) in [5.41, 5.74) is 0.573. The van der Waals surface area contributed by atoms with Gasteiger partial charge in [-0.1, -0.05) is 18.2 Å². The fourth-order valence-electron chi connectivity index (χ4n) is 1.11. The molecule has 0 aromatic heterocycles. The van der Waals surface area contributed by atoms with Crippen molar-refractivity contribution in [1.29, 1.82) is 0 Å². The van der Waals surface area contributed by atoms with Crippen LogP contribution in [-0.4, -0.2) is 29.1 Å². The van der Waals surface area contributed by atoms with Gasteiger partial charge in [0.25, 0.3) is 0 Å². The first-order valence-electron chi connectivity index (χ1n) is 4.37. The normalized spacial score (nSPS) is 12.1. The lowest BCUT2D eigenvalue weighted by molar-refractivity contribution is -0.153. The van der Waals surface area contributed by atoms with Crippen LogP contribution in [0.15, 0.2) is 24.3 Å². The average molecular weight is 214 g/mol. The molecule has 0 aliphatic rings. The largest absolute Gasteiger partial charge is 0.476 e. The van der Waals surface area contributed by atoms with Crippen LogP contribution in [0.25, 0.3) is 0 Å². The Labute approximate surface area is 85.9 Å². The molecule has 0 bridgehead atoms. The van der Waals surface area contributed by atoms with Crippen LogP contribution in [0.5, 0.6) is 5.75 Å². The number of benzene rings is 1. The Morgan fingerprint density at radius 1 is 1.47 bits per heavy atom. The molecule has 0 aliphatic heterocycles. The van der Waals surface area contributed by atoms with Crippen LogP contribution in [0, 0.1) is 0 Å². The van der Waals surface area contributed by atoms with E-state index in [1.54, 1.807) is 18.2 Å². The standard InChI is InChI=1S/C10H11FO4/c11-9(10(13)14)15-8-4-2-1-3-7(8)5-6-12/h1-4,9,12H,5-6H2,(H,13,14). The van der Waals surface area contributed by atoms with Gasteiger partial charge in [-0.15, -0.1) is 0 Å². The van der Waals surface area contributed by atoms with Crippen molar-refractivity contribution in [3.05, 3.63) is 29.8 Å². The summed E-state index contributed by atoms with van der Waals surface area (Å²) in [5.74, 6) is -1.53. The van der Waals surface area contributed by atoms with Gasteiger partial charge < -0.3 is 14.9 Å². The van der Waals surface area contributed by atoms with Crippen molar-refractivity contribution in [3.8, 4) is 5.75 Å². The number of halogens is 1. The Balaban J connectivity index is 2.79. The van der Waals surface area contributed by atoms with Gasteiger partial charge in [-0.3, -0.25) is 0 Å². The van der Waals surface area contributed by atoms with E-state index in [4.69, 9.17) is 10.2 Å². The third-order valence-corrected chi connectivity index (χ3v) is 1.78. The fourth-order valence-corrected chi connectivity index (χ4v) is 1.11. The number of aliphatic hydroxyl groups is 1. The van der Waals surface area contributed by atoms with Crippen LogP contribution in [-0.2, 0) is 11.2 Å². The summed E-state index contributed by atoms with van der Waals surface area (Å²) >= 11 is 0. The molecule has 15 heavy (non-hydrogen) atoms. The number of para-hydroxylation sites is 1. The van der Waals surface area contributed by atoms with E-state index in [0.29, 0.717) is 12.0 Å². The Morgan fingerprint density at radius 2 is 2.13 bits per heavy atom. The van der Waals surface area contributed by atoms with Crippen molar-refractivity contribution >= 4 is 5.97 Å². The molecule has 0 saturated heterocycles. The minimum Gasteiger partial charge on any atom is -0.476 e. The average Bonchev–Trinajstić information content (AvgIpc) is 2.21. The van der Waals surface area contributed by atoms with Crippen molar-refractivity contribution in [1.82, 2.24) is 0 Å². The van der Waals surface area contributed by atoms with E-state index in [0.717, 1.165) is 0 Å². The van der Waals surface area contributed by atoms with Crippen molar-refractivity contribution in [2.24, 2.45) is 0 Å². The summed E-state index contributed by atoms with van der Waals surface area (Å²) < 4.78 is 17.3. The highest BCUT2D eigenvalue weighted by Gasteiger charge is 2.18. The number of aliphatic hydroxyl groups excluding tert-OH is 1. The molecule has 0 radical (unpaired) electrons. The zero-order valence-corrected chi connectivity index (χ0v) is 7.89. The first kappa shape index (κ1) is 11.5. The first-order valence-corrected chi connectivity index (χ1v) is 4.37. The number of rotatable bonds is 5. The zero-order valence-electron chi connectivity index (χ0n) is 7.89. The van der Waals surface area contributed by atoms with Gasteiger partial charge in [-0.05, 0) is 18.1 Å². The zero-order chi connectivity index (χ0) is 11.3. The Kier molecular flexibility index (Phi) is 4.05. The monoisotopic (exact) mass is 214 g/mol. The van der Waals surface area contributed by atoms with Crippen molar-refractivity contribution < 1.29 is 24.1 Å². The highest BCUT2D eigenvalue weighted by atomic mass is 19.1. The molecule has 0 amide bonds. The number of alkyl halides is 1. The quantitative estimate of drug-likeness (QED) is 0.766. The van der Waals surface area contributed by atoms with Gasteiger partial charge in [0.1, 0.15) is 5.75 Å². The van der Waals surface area contributed by atoms with Gasteiger partial charge in [0.2, 0.25) is 0 Å². The molecule has 2 N–H and O–H groups in total. The fraction of sp³-hybridized carbons (Fsp3) is 0.300. The second-order valence-electron chi connectivity index (χ2n) is 2.85. The smallest absolute Gasteiger partial charge is 0.378 e. The Bertz CT molecular complexity index is 340. The SMILES string of the molecule is O=C(O)C(F)Oc1ccccc1CCO. The molecule has 4 nitrogen and oxygen atoms in total. The molecule has 1 rings (SSSR count). The topological polar surface area (TPSA) is 66.8 Å². The first-order chi connectivity index (χ1) is 7.15. The van der Waals surface area contributed by atoms with Crippen LogP contribution in [0.4, 0.5) is 4.39 Å². The molecular weight excluding hydrogens is 203 g/mol. The number of hydrogen-bond acceptors (Lipinski definition) is 3. The molecule has 1 aromatic rings. The van der Waals surface area contributed by atoms with Gasteiger partial charge >= 0.3 is 12.3 Å². The minimum atomic E-state index is -2.38. The van der Waals surface area contributed by atoms with Crippen molar-refractivity contribution in [2.45, 2.75) is 12.8 Å². The van der Waals surface area contributed by atoms with Crippen LogP contribution in [0.2, 0.25) is 0 Å². The van der Waals surface area contributed by atoms with Crippen LogP contribution in [0.3, 0.4) is 0 Å². The Hall–Kier alpha value is -1.62. The number of aliphatic carboxylic acids is 1. The molecule has 0 fully saturated rings. The number of carboxylic acid groups (broad SMARTS) is 1. The lowest BCUT2D eigenvalue weighted by Gasteiger charge is -2.11. The van der Waals surface area contributed by atoms with Gasteiger partial charge in [0, 0.05) is 6.61 Å². The predicted octanol–water partition coefficient (Wildman–Crippen LogP) is 0.980. The Morgan fingerprint density at radius 3 is 2.73 bits per heavy atom. The van der Waals surface area contributed by atoms with Crippen LogP contribution < -0.4 is 4.74 Å².